The van der Waals surface area contributed by atoms with Gasteiger partial charge in [-0.15, -0.1) is 0 Å². The highest BCUT2D eigenvalue weighted by Crippen LogP contribution is 2.25. The summed E-state index contributed by atoms with van der Waals surface area (Å²) in [7, 11) is 0. The molecule has 2 nitrogen and oxygen atoms in total. The summed E-state index contributed by atoms with van der Waals surface area (Å²) in [6.45, 7) is 9.91. The maximum Gasteiger partial charge on any atom is 0.0617 e. The zero-order valence-corrected chi connectivity index (χ0v) is 9.88. The maximum absolute atomic E-state index is 5.86. The van der Waals surface area contributed by atoms with Crippen LogP contribution in [0.25, 0.3) is 0 Å². The molecule has 1 rings (SSSR count). The molecule has 2 heteroatoms. The van der Waals surface area contributed by atoms with Crippen molar-refractivity contribution >= 4 is 0 Å². The lowest BCUT2D eigenvalue weighted by molar-refractivity contribution is -0.0362. The van der Waals surface area contributed by atoms with Crippen LogP contribution in [0.15, 0.2) is 0 Å². The van der Waals surface area contributed by atoms with E-state index in [1.165, 1.54) is 19.3 Å². The van der Waals surface area contributed by atoms with Gasteiger partial charge in [0.1, 0.15) is 0 Å². The second kappa shape index (κ2) is 6.41. The summed E-state index contributed by atoms with van der Waals surface area (Å²) < 4.78 is 5.86. The fourth-order valence-electron chi connectivity index (χ4n) is 2.19. The zero-order valence-electron chi connectivity index (χ0n) is 9.88. The van der Waals surface area contributed by atoms with E-state index in [9.17, 15) is 0 Å². The highest BCUT2D eigenvalue weighted by atomic mass is 16.5. The van der Waals surface area contributed by atoms with Crippen LogP contribution in [0.3, 0.4) is 0 Å². The molecule has 2 unspecified atom stereocenters. The molecule has 0 saturated carbocycles. The summed E-state index contributed by atoms with van der Waals surface area (Å²) in [5.74, 6) is 1.49. The Hall–Kier alpha value is -0.0800. The maximum atomic E-state index is 5.86. The lowest BCUT2D eigenvalue weighted by Crippen LogP contribution is -2.37. The van der Waals surface area contributed by atoms with Gasteiger partial charge < -0.3 is 10.1 Å². The molecular formula is C12H25NO. The minimum Gasteiger partial charge on any atom is -0.378 e. The molecule has 14 heavy (non-hydrogen) atoms. The van der Waals surface area contributed by atoms with Crippen LogP contribution in [0.5, 0.6) is 0 Å². The van der Waals surface area contributed by atoms with Crippen LogP contribution in [0, 0.1) is 11.8 Å². The largest absolute Gasteiger partial charge is 0.378 e. The molecule has 1 aliphatic heterocycles. The Kier molecular flexibility index (Phi) is 5.49. The van der Waals surface area contributed by atoms with E-state index in [0.29, 0.717) is 6.10 Å². The number of ether oxygens (including phenoxy) is 1. The van der Waals surface area contributed by atoms with Gasteiger partial charge in [0.05, 0.1) is 6.10 Å². The van der Waals surface area contributed by atoms with Crippen molar-refractivity contribution in [2.24, 2.45) is 11.8 Å². The van der Waals surface area contributed by atoms with Crippen molar-refractivity contribution in [2.75, 3.05) is 19.7 Å². The Morgan fingerprint density at radius 3 is 2.86 bits per heavy atom. The molecule has 1 saturated heterocycles. The van der Waals surface area contributed by atoms with Gasteiger partial charge in [0.25, 0.3) is 0 Å². The van der Waals surface area contributed by atoms with Crippen molar-refractivity contribution in [3.63, 3.8) is 0 Å². The van der Waals surface area contributed by atoms with E-state index in [1.54, 1.807) is 0 Å². The lowest BCUT2D eigenvalue weighted by Gasteiger charge is -2.33. The minimum atomic E-state index is 0.503. The monoisotopic (exact) mass is 199 g/mol. The first kappa shape index (κ1) is 12.0. The summed E-state index contributed by atoms with van der Waals surface area (Å²) in [6.07, 6.45) is 4.30. The molecule has 0 aromatic carbocycles. The minimum absolute atomic E-state index is 0.503. The van der Waals surface area contributed by atoms with Crippen molar-refractivity contribution in [1.82, 2.24) is 5.32 Å². The topological polar surface area (TPSA) is 21.3 Å². The molecule has 1 heterocycles. The number of rotatable bonds is 5. The molecule has 1 fully saturated rings. The average molecular weight is 199 g/mol. The van der Waals surface area contributed by atoms with Gasteiger partial charge in [0, 0.05) is 13.2 Å². The lowest BCUT2D eigenvalue weighted by atomic mass is 9.89. The van der Waals surface area contributed by atoms with Gasteiger partial charge >= 0.3 is 0 Å². The van der Waals surface area contributed by atoms with Crippen LogP contribution < -0.4 is 5.32 Å². The summed E-state index contributed by atoms with van der Waals surface area (Å²) in [6, 6.07) is 0. The smallest absolute Gasteiger partial charge is 0.0617 e. The van der Waals surface area contributed by atoms with Gasteiger partial charge in [-0.1, -0.05) is 20.8 Å². The van der Waals surface area contributed by atoms with E-state index < -0.39 is 0 Å². The van der Waals surface area contributed by atoms with Crippen LogP contribution in [0.1, 0.15) is 40.0 Å². The molecule has 2 atom stereocenters. The van der Waals surface area contributed by atoms with Crippen LogP contribution >= 0.6 is 0 Å². The van der Waals surface area contributed by atoms with Gasteiger partial charge in [-0.25, -0.2) is 0 Å². The molecule has 0 aliphatic carbocycles. The highest BCUT2D eigenvalue weighted by molar-refractivity contribution is 4.77. The van der Waals surface area contributed by atoms with Crippen LogP contribution in [0.2, 0.25) is 0 Å². The van der Waals surface area contributed by atoms with E-state index in [2.05, 4.69) is 26.1 Å². The summed E-state index contributed by atoms with van der Waals surface area (Å²) in [5.41, 5.74) is 0. The summed E-state index contributed by atoms with van der Waals surface area (Å²) in [5, 5.41) is 3.44. The van der Waals surface area contributed by atoms with E-state index in [0.717, 1.165) is 31.5 Å². The first-order chi connectivity index (χ1) is 6.74. The Morgan fingerprint density at radius 1 is 1.43 bits per heavy atom. The Morgan fingerprint density at radius 2 is 2.21 bits per heavy atom. The molecule has 0 radical (unpaired) electrons. The van der Waals surface area contributed by atoms with Crippen molar-refractivity contribution in [2.45, 2.75) is 46.1 Å². The Bertz CT molecular complexity index is 147. The fourth-order valence-corrected chi connectivity index (χ4v) is 2.19. The first-order valence-corrected chi connectivity index (χ1v) is 6.06. The van der Waals surface area contributed by atoms with Gasteiger partial charge in [0.2, 0.25) is 0 Å². The standard InChI is InChI=1S/C12H25NO/c1-4-13-9-11-6-5-7-14-12(11)8-10(2)3/h10-13H,4-9H2,1-3H3. The van der Waals surface area contributed by atoms with Gasteiger partial charge in [0.15, 0.2) is 0 Å². The van der Waals surface area contributed by atoms with E-state index in [1.807, 2.05) is 0 Å². The van der Waals surface area contributed by atoms with E-state index in [4.69, 9.17) is 4.74 Å². The van der Waals surface area contributed by atoms with Gasteiger partial charge in [-0.2, -0.15) is 0 Å². The third kappa shape index (κ3) is 3.97. The number of nitrogens with one attached hydrogen (secondary N) is 1. The zero-order chi connectivity index (χ0) is 10.4. The SMILES string of the molecule is CCNCC1CCCOC1CC(C)C. The molecular weight excluding hydrogens is 174 g/mol. The third-order valence-electron chi connectivity index (χ3n) is 2.94. The van der Waals surface area contributed by atoms with Crippen molar-refractivity contribution in [3.05, 3.63) is 0 Å². The molecule has 0 aromatic rings. The molecule has 1 aliphatic rings. The van der Waals surface area contributed by atoms with E-state index in [-0.39, 0.29) is 0 Å². The van der Waals surface area contributed by atoms with Gasteiger partial charge in [-0.05, 0) is 37.6 Å². The molecule has 84 valence electrons. The van der Waals surface area contributed by atoms with Crippen molar-refractivity contribution < 1.29 is 4.74 Å². The van der Waals surface area contributed by atoms with Crippen LogP contribution in [-0.4, -0.2) is 25.8 Å². The van der Waals surface area contributed by atoms with Crippen LogP contribution in [0.4, 0.5) is 0 Å². The number of hydrogen-bond donors (Lipinski definition) is 1. The van der Waals surface area contributed by atoms with Gasteiger partial charge in [-0.3, -0.25) is 0 Å². The normalized spacial score (nSPS) is 28.3. The molecule has 0 spiro atoms. The molecule has 0 bridgehead atoms. The average Bonchev–Trinajstić information content (AvgIpc) is 2.16. The highest BCUT2D eigenvalue weighted by Gasteiger charge is 2.25. The first-order valence-electron chi connectivity index (χ1n) is 6.06. The second-order valence-corrected chi connectivity index (χ2v) is 4.75. The predicted molar refractivity (Wildman–Crippen MR) is 60.5 cm³/mol. The summed E-state index contributed by atoms with van der Waals surface area (Å²) in [4.78, 5) is 0. The molecule has 0 aromatic heterocycles. The molecule has 0 amide bonds. The molecule has 1 N–H and O–H groups in total. The Balaban J connectivity index is 2.33. The van der Waals surface area contributed by atoms with Crippen LogP contribution in [-0.2, 0) is 4.74 Å². The van der Waals surface area contributed by atoms with Crippen molar-refractivity contribution in [3.8, 4) is 0 Å². The Labute approximate surface area is 88.4 Å². The fraction of sp³-hybridized carbons (Fsp3) is 1.00. The summed E-state index contributed by atoms with van der Waals surface area (Å²) >= 11 is 0. The number of hydrogen-bond acceptors (Lipinski definition) is 2. The predicted octanol–water partition coefficient (Wildman–Crippen LogP) is 2.44. The third-order valence-corrected chi connectivity index (χ3v) is 2.94. The quantitative estimate of drug-likeness (QED) is 0.734. The van der Waals surface area contributed by atoms with E-state index >= 15 is 0 Å². The second-order valence-electron chi connectivity index (χ2n) is 4.75. The van der Waals surface area contributed by atoms with Crippen molar-refractivity contribution in [1.29, 1.82) is 0 Å².